The molecule has 5 fully saturated rings. The second-order valence-corrected chi connectivity index (χ2v) is 17.0. The molecule has 29 nitrogen and oxygen atoms in total. The van der Waals surface area contributed by atoms with Gasteiger partial charge in [0.15, 0.2) is 37.4 Å². The summed E-state index contributed by atoms with van der Waals surface area (Å²) in [6.45, 7) is 5.05. The number of aliphatic carboxylic acids is 2. The molecule has 2 bridgehead atoms. The van der Waals surface area contributed by atoms with Crippen LogP contribution in [0.5, 0.6) is 0 Å². The molecule has 5 rings (SSSR count). The summed E-state index contributed by atoms with van der Waals surface area (Å²) >= 11 is 0. The topological polar surface area (TPSA) is 411 Å². The fourth-order valence-electron chi connectivity index (χ4n) is 8.53. The predicted octanol–water partition coefficient (Wildman–Crippen LogP) is -6.56. The standard InChI is InChI=1S/C40H62N4O25/c1-12(35(55)56)61-33-25(43-16(5)49)37-60-11-22(65-37)32(33)69-39-24(42-15(4)48)29(54)30(20(9-46)64-39)67-40-26(44-17(6)50)34(62-13(2)36(57)58)31(21(66-40)10-59-18(7)51)68-38-23(41-14(3)47)28(53)27(52)19(8-45)63-38/h12-13,19-34,37-40,45-46,52-54H,8-11H2,1-7H3,(H,41,47)(H,42,48)(H,43,49)(H,44,50)(H,55,56)(H,57,58). The average molecular weight is 999 g/mol. The first-order valence-electron chi connectivity index (χ1n) is 21.9. The lowest BCUT2D eigenvalue weighted by Crippen LogP contribution is -2.72. The molecule has 0 aromatic carbocycles. The number of nitrogens with one attached hydrogen (secondary N) is 4. The number of hydrogen-bond acceptors (Lipinski definition) is 23. The van der Waals surface area contributed by atoms with Gasteiger partial charge in [-0.2, -0.15) is 0 Å². The van der Waals surface area contributed by atoms with Crippen LogP contribution in [-0.4, -0.2) is 238 Å². The number of esters is 1. The first-order valence-corrected chi connectivity index (χ1v) is 21.9. The number of carbonyl (C=O) groups is 7. The molecule has 29 heteroatoms. The van der Waals surface area contributed by atoms with Crippen LogP contribution in [0.25, 0.3) is 0 Å². The molecule has 22 unspecified atom stereocenters. The van der Waals surface area contributed by atoms with Gasteiger partial charge in [0, 0.05) is 34.6 Å². The Morgan fingerprint density at radius 1 is 0.536 bits per heavy atom. The largest absolute Gasteiger partial charge is 0.479 e. The Labute approximate surface area is 393 Å². The number of aliphatic hydroxyl groups excluding tert-OH is 5. The van der Waals surface area contributed by atoms with Crippen LogP contribution in [0, 0.1) is 0 Å². The zero-order valence-electron chi connectivity index (χ0n) is 38.5. The van der Waals surface area contributed by atoms with Gasteiger partial charge < -0.3 is 109 Å². The van der Waals surface area contributed by atoms with E-state index in [2.05, 4.69) is 21.3 Å². The molecule has 5 aliphatic heterocycles. The van der Waals surface area contributed by atoms with Crippen molar-refractivity contribution >= 4 is 41.5 Å². The molecule has 5 aliphatic rings. The van der Waals surface area contributed by atoms with E-state index in [1.54, 1.807) is 0 Å². The summed E-state index contributed by atoms with van der Waals surface area (Å²) in [4.78, 5) is 86.8. The molecule has 0 aromatic heterocycles. The van der Waals surface area contributed by atoms with Crippen molar-refractivity contribution < 1.29 is 121 Å². The molecule has 392 valence electrons. The maximum atomic E-state index is 13.0. The first kappa shape index (κ1) is 55.6. The number of ether oxygens (including phenoxy) is 11. The summed E-state index contributed by atoms with van der Waals surface area (Å²) < 4.78 is 65.9. The van der Waals surface area contributed by atoms with Gasteiger partial charge in [-0.25, -0.2) is 9.59 Å². The maximum absolute atomic E-state index is 13.0. The Morgan fingerprint density at radius 2 is 0.971 bits per heavy atom. The Balaban J connectivity index is 1.54. The van der Waals surface area contributed by atoms with E-state index < -0.39 is 196 Å². The maximum Gasteiger partial charge on any atom is 0.332 e. The molecule has 0 aromatic rings. The summed E-state index contributed by atoms with van der Waals surface area (Å²) in [5.74, 6) is -6.64. The second kappa shape index (κ2) is 24.2. The average Bonchev–Trinajstić information content (AvgIpc) is 3.71. The van der Waals surface area contributed by atoms with E-state index in [0.717, 1.165) is 34.6 Å². The van der Waals surface area contributed by atoms with Gasteiger partial charge in [-0.1, -0.05) is 0 Å². The van der Waals surface area contributed by atoms with Crippen molar-refractivity contribution in [2.24, 2.45) is 0 Å². The van der Waals surface area contributed by atoms with Crippen LogP contribution < -0.4 is 21.3 Å². The van der Waals surface area contributed by atoms with Crippen LogP contribution in [0.15, 0.2) is 0 Å². The van der Waals surface area contributed by atoms with Gasteiger partial charge in [0.25, 0.3) is 0 Å². The lowest BCUT2D eigenvalue weighted by Gasteiger charge is -2.51. The Hall–Kier alpha value is -4.31. The van der Waals surface area contributed by atoms with E-state index >= 15 is 0 Å². The lowest BCUT2D eigenvalue weighted by atomic mass is 9.93. The van der Waals surface area contributed by atoms with Crippen molar-refractivity contribution in [2.45, 2.75) is 183 Å². The highest BCUT2D eigenvalue weighted by atomic mass is 16.8. The van der Waals surface area contributed by atoms with Crippen molar-refractivity contribution in [1.82, 2.24) is 21.3 Å². The van der Waals surface area contributed by atoms with Crippen molar-refractivity contribution in [3.63, 3.8) is 0 Å². The molecule has 5 saturated heterocycles. The third kappa shape index (κ3) is 13.6. The predicted molar refractivity (Wildman–Crippen MR) is 218 cm³/mol. The molecule has 69 heavy (non-hydrogen) atoms. The summed E-state index contributed by atoms with van der Waals surface area (Å²) in [7, 11) is 0. The van der Waals surface area contributed by atoms with Crippen molar-refractivity contribution in [3.05, 3.63) is 0 Å². The molecule has 5 heterocycles. The molecule has 11 N–H and O–H groups in total. The molecular weight excluding hydrogens is 936 g/mol. The van der Waals surface area contributed by atoms with Crippen LogP contribution in [0.4, 0.5) is 0 Å². The van der Waals surface area contributed by atoms with E-state index in [1.807, 2.05) is 0 Å². The Kier molecular flexibility index (Phi) is 19.5. The van der Waals surface area contributed by atoms with Crippen molar-refractivity contribution in [1.29, 1.82) is 0 Å². The van der Waals surface area contributed by atoms with E-state index in [9.17, 15) is 69.3 Å². The molecular formula is C40H62N4O25. The minimum atomic E-state index is -1.96. The van der Waals surface area contributed by atoms with Gasteiger partial charge in [-0.3, -0.25) is 24.0 Å². The van der Waals surface area contributed by atoms with E-state index in [0.29, 0.717) is 0 Å². The van der Waals surface area contributed by atoms with Gasteiger partial charge in [0.2, 0.25) is 23.6 Å². The fraction of sp³-hybridized carbons (Fsp3) is 0.825. The van der Waals surface area contributed by atoms with Gasteiger partial charge in [-0.05, 0) is 13.8 Å². The van der Waals surface area contributed by atoms with Crippen molar-refractivity contribution in [3.8, 4) is 0 Å². The molecule has 0 saturated carbocycles. The second-order valence-electron chi connectivity index (χ2n) is 17.0. The number of carbonyl (C=O) groups excluding carboxylic acids is 5. The Bertz CT molecular complexity index is 1830. The smallest absolute Gasteiger partial charge is 0.332 e. The van der Waals surface area contributed by atoms with E-state index in [1.165, 1.54) is 13.8 Å². The highest BCUT2D eigenvalue weighted by molar-refractivity contribution is 5.75. The van der Waals surface area contributed by atoms with Crippen LogP contribution in [0.3, 0.4) is 0 Å². The molecule has 0 radical (unpaired) electrons. The van der Waals surface area contributed by atoms with E-state index in [4.69, 9.17) is 52.1 Å². The number of aliphatic hydroxyl groups is 5. The number of hydrogen-bond donors (Lipinski definition) is 11. The molecule has 0 spiro atoms. The molecule has 4 amide bonds. The quantitative estimate of drug-likeness (QED) is 0.0505. The normalized spacial score (nSPS) is 39.5. The summed E-state index contributed by atoms with van der Waals surface area (Å²) in [5, 5.41) is 84.4. The van der Waals surface area contributed by atoms with Gasteiger partial charge in [0.05, 0.1) is 19.8 Å². The number of amides is 4. The van der Waals surface area contributed by atoms with Crippen molar-refractivity contribution in [2.75, 3.05) is 26.4 Å². The molecule has 22 atom stereocenters. The number of rotatable bonds is 20. The SMILES string of the molecule is CC(=O)NC1C(OC2C(COC(C)=O)OC(OC3C(CO)OC(OC4C5COC(O5)C(NC(C)=O)C4OC(C)C(=O)O)C(NC(C)=O)C3O)C(NC(C)=O)C2OC(C)C(=O)O)OC(CO)C(O)C1O. The third-order valence-corrected chi connectivity index (χ3v) is 11.7. The highest BCUT2D eigenvalue weighted by Gasteiger charge is 2.59. The monoisotopic (exact) mass is 998 g/mol. The Morgan fingerprint density at radius 3 is 1.48 bits per heavy atom. The summed E-state index contributed by atoms with van der Waals surface area (Å²) in [6.07, 6.45) is -29.0. The summed E-state index contributed by atoms with van der Waals surface area (Å²) in [6, 6.07) is -6.05. The van der Waals surface area contributed by atoms with Crippen LogP contribution in [0.2, 0.25) is 0 Å². The van der Waals surface area contributed by atoms with Crippen LogP contribution in [-0.2, 0) is 85.7 Å². The van der Waals surface area contributed by atoms with Gasteiger partial charge >= 0.3 is 17.9 Å². The number of fused-ring (bicyclic) bond motifs is 2. The number of carboxylic acid groups (broad SMARTS) is 2. The zero-order chi connectivity index (χ0) is 51.2. The zero-order valence-corrected chi connectivity index (χ0v) is 38.5. The van der Waals surface area contributed by atoms with Crippen LogP contribution >= 0.6 is 0 Å². The number of carboxylic acids is 2. The fourth-order valence-corrected chi connectivity index (χ4v) is 8.53. The lowest BCUT2D eigenvalue weighted by molar-refractivity contribution is -0.362. The highest BCUT2D eigenvalue weighted by Crippen LogP contribution is 2.38. The minimum Gasteiger partial charge on any atom is -0.479 e. The van der Waals surface area contributed by atoms with Crippen LogP contribution in [0.1, 0.15) is 48.5 Å². The van der Waals surface area contributed by atoms with E-state index in [-0.39, 0.29) is 6.61 Å². The molecule has 0 aliphatic carbocycles. The van der Waals surface area contributed by atoms with Gasteiger partial charge in [-0.15, -0.1) is 0 Å². The minimum absolute atomic E-state index is 0.153. The summed E-state index contributed by atoms with van der Waals surface area (Å²) in [5.41, 5.74) is 0. The third-order valence-electron chi connectivity index (χ3n) is 11.7. The van der Waals surface area contributed by atoms with Gasteiger partial charge in [0.1, 0.15) is 104 Å². The first-order chi connectivity index (χ1) is 32.4.